The number of halogens is 1. The van der Waals surface area contributed by atoms with Gasteiger partial charge in [0.2, 0.25) is 0 Å². The summed E-state index contributed by atoms with van der Waals surface area (Å²) >= 11 is 1.46. The SMILES string of the molecule is Cc1nc(C(=O)N2CCCCC2CNc2ncnc3ccccc23)c(-c2ccc(F)cc2)s1. The number of anilines is 1. The highest BCUT2D eigenvalue weighted by Crippen LogP contribution is 2.32. The number of para-hydroxylation sites is 1. The average molecular weight is 462 g/mol. The van der Waals surface area contributed by atoms with Crippen LogP contribution in [0.1, 0.15) is 34.8 Å². The van der Waals surface area contributed by atoms with Gasteiger partial charge in [-0.25, -0.2) is 19.3 Å². The summed E-state index contributed by atoms with van der Waals surface area (Å²) in [5, 5.41) is 5.22. The largest absolute Gasteiger partial charge is 0.367 e. The van der Waals surface area contributed by atoms with Crippen LogP contribution in [0.15, 0.2) is 54.9 Å². The highest BCUT2D eigenvalue weighted by atomic mass is 32.1. The van der Waals surface area contributed by atoms with E-state index in [2.05, 4.69) is 20.3 Å². The topological polar surface area (TPSA) is 71.0 Å². The van der Waals surface area contributed by atoms with E-state index in [9.17, 15) is 9.18 Å². The zero-order chi connectivity index (χ0) is 22.8. The number of amides is 1. The van der Waals surface area contributed by atoms with Gasteiger partial charge in [0.15, 0.2) is 0 Å². The minimum absolute atomic E-state index is 0.0306. The van der Waals surface area contributed by atoms with E-state index in [0.717, 1.165) is 51.4 Å². The second-order valence-electron chi connectivity index (χ2n) is 8.19. The Kier molecular flexibility index (Phi) is 6.00. The van der Waals surface area contributed by atoms with Crippen molar-refractivity contribution in [2.24, 2.45) is 0 Å². The molecule has 8 heteroatoms. The molecule has 1 N–H and O–H groups in total. The Balaban J connectivity index is 1.39. The molecule has 0 bridgehead atoms. The first-order chi connectivity index (χ1) is 16.1. The van der Waals surface area contributed by atoms with Crippen LogP contribution < -0.4 is 5.32 Å². The van der Waals surface area contributed by atoms with E-state index < -0.39 is 0 Å². The van der Waals surface area contributed by atoms with Gasteiger partial charge >= 0.3 is 0 Å². The third kappa shape index (κ3) is 4.43. The van der Waals surface area contributed by atoms with Crippen LogP contribution >= 0.6 is 11.3 Å². The number of hydrogen-bond acceptors (Lipinski definition) is 6. The van der Waals surface area contributed by atoms with Gasteiger partial charge in [-0.15, -0.1) is 11.3 Å². The van der Waals surface area contributed by atoms with Gasteiger partial charge in [0, 0.05) is 24.5 Å². The van der Waals surface area contributed by atoms with E-state index in [1.807, 2.05) is 36.1 Å². The molecule has 6 nitrogen and oxygen atoms in total. The molecule has 1 atom stereocenters. The predicted molar refractivity (Wildman–Crippen MR) is 129 cm³/mol. The number of carbonyl (C=O) groups is 1. The number of hydrogen-bond donors (Lipinski definition) is 1. The van der Waals surface area contributed by atoms with Crippen molar-refractivity contribution in [1.82, 2.24) is 19.9 Å². The summed E-state index contributed by atoms with van der Waals surface area (Å²) in [6, 6.07) is 14.1. The minimum atomic E-state index is -0.299. The second kappa shape index (κ2) is 9.23. The predicted octanol–water partition coefficient (Wildman–Crippen LogP) is 5.31. The third-order valence-electron chi connectivity index (χ3n) is 5.98. The first-order valence-electron chi connectivity index (χ1n) is 11.1. The fourth-order valence-corrected chi connectivity index (χ4v) is 5.26. The van der Waals surface area contributed by atoms with E-state index in [4.69, 9.17) is 0 Å². The van der Waals surface area contributed by atoms with Crippen LogP contribution in [0.4, 0.5) is 10.2 Å². The van der Waals surface area contributed by atoms with Crippen LogP contribution in [-0.2, 0) is 0 Å². The number of aryl methyl sites for hydroxylation is 1. The first kappa shape index (κ1) is 21.5. The molecular weight excluding hydrogens is 437 g/mol. The summed E-state index contributed by atoms with van der Waals surface area (Å²) in [6.45, 7) is 3.18. The van der Waals surface area contributed by atoms with Gasteiger partial charge in [0.05, 0.1) is 15.4 Å². The van der Waals surface area contributed by atoms with Crippen molar-refractivity contribution in [3.63, 3.8) is 0 Å². The van der Waals surface area contributed by atoms with Crippen molar-refractivity contribution in [1.29, 1.82) is 0 Å². The molecule has 1 aliphatic rings. The summed E-state index contributed by atoms with van der Waals surface area (Å²) in [7, 11) is 0. The molecule has 3 heterocycles. The van der Waals surface area contributed by atoms with Gasteiger partial charge in [-0.2, -0.15) is 0 Å². The molecule has 1 aliphatic heterocycles. The maximum atomic E-state index is 13.7. The first-order valence-corrected chi connectivity index (χ1v) is 11.9. The number of thiazole rings is 1. The molecule has 1 amide bonds. The average Bonchev–Trinajstić information content (AvgIpc) is 3.24. The van der Waals surface area contributed by atoms with Gasteiger partial charge in [-0.05, 0) is 56.0 Å². The van der Waals surface area contributed by atoms with Gasteiger partial charge in [0.25, 0.3) is 5.91 Å². The fraction of sp³-hybridized carbons (Fsp3) is 0.280. The number of fused-ring (bicyclic) bond motifs is 1. The standard InChI is InChI=1S/C25H24FN5OS/c1-16-30-22(23(33-16)17-9-11-18(26)12-10-17)25(32)31-13-5-4-6-19(31)14-27-24-20-7-2-3-8-21(20)28-15-29-24/h2-3,7-12,15,19H,4-6,13-14H2,1H3,(H,27,28,29). The van der Waals surface area contributed by atoms with Gasteiger partial charge in [0.1, 0.15) is 23.7 Å². The van der Waals surface area contributed by atoms with Crippen molar-refractivity contribution < 1.29 is 9.18 Å². The summed E-state index contributed by atoms with van der Waals surface area (Å²) in [5.74, 6) is 0.403. The molecule has 1 saturated heterocycles. The quantitative estimate of drug-likeness (QED) is 0.436. The van der Waals surface area contributed by atoms with E-state index in [-0.39, 0.29) is 17.8 Å². The highest BCUT2D eigenvalue weighted by Gasteiger charge is 2.31. The maximum absolute atomic E-state index is 13.7. The molecule has 4 aromatic rings. The number of nitrogens with zero attached hydrogens (tertiary/aromatic N) is 4. The molecule has 168 valence electrons. The number of rotatable bonds is 5. The maximum Gasteiger partial charge on any atom is 0.274 e. The summed E-state index contributed by atoms with van der Waals surface area (Å²) in [6.07, 6.45) is 4.51. The zero-order valence-corrected chi connectivity index (χ0v) is 19.1. The molecule has 0 saturated carbocycles. The lowest BCUT2D eigenvalue weighted by Crippen LogP contribution is -2.47. The van der Waals surface area contributed by atoms with Gasteiger partial charge < -0.3 is 10.2 Å². The van der Waals surface area contributed by atoms with Crippen molar-refractivity contribution >= 4 is 34.0 Å². The molecular formula is C25H24FN5OS. The Morgan fingerprint density at radius 3 is 2.82 bits per heavy atom. The van der Waals surface area contributed by atoms with Crippen LogP contribution in [0.5, 0.6) is 0 Å². The molecule has 2 aromatic carbocycles. The molecule has 33 heavy (non-hydrogen) atoms. The number of nitrogens with one attached hydrogen (secondary N) is 1. The van der Waals surface area contributed by atoms with E-state index in [0.29, 0.717) is 18.8 Å². The van der Waals surface area contributed by atoms with Crippen LogP contribution in [0.3, 0.4) is 0 Å². The molecule has 5 rings (SSSR count). The van der Waals surface area contributed by atoms with E-state index >= 15 is 0 Å². The molecule has 0 aliphatic carbocycles. The number of aromatic nitrogens is 3. The second-order valence-corrected chi connectivity index (χ2v) is 9.39. The third-order valence-corrected chi connectivity index (χ3v) is 7.00. The fourth-order valence-electron chi connectivity index (χ4n) is 4.35. The number of benzene rings is 2. The Hall–Kier alpha value is -3.39. The van der Waals surface area contributed by atoms with Crippen LogP contribution in [0.2, 0.25) is 0 Å². The highest BCUT2D eigenvalue weighted by molar-refractivity contribution is 7.15. The van der Waals surface area contributed by atoms with Crippen LogP contribution in [0, 0.1) is 12.7 Å². The molecule has 2 aromatic heterocycles. The van der Waals surface area contributed by atoms with E-state index in [1.165, 1.54) is 23.5 Å². The number of piperidine rings is 1. The smallest absolute Gasteiger partial charge is 0.274 e. The summed E-state index contributed by atoms with van der Waals surface area (Å²) in [5.41, 5.74) is 2.14. The lowest BCUT2D eigenvalue weighted by Gasteiger charge is -2.35. The normalized spacial score (nSPS) is 16.2. The minimum Gasteiger partial charge on any atom is -0.367 e. The lowest BCUT2D eigenvalue weighted by atomic mass is 10.0. The molecule has 1 unspecified atom stereocenters. The Morgan fingerprint density at radius 2 is 1.97 bits per heavy atom. The van der Waals surface area contributed by atoms with Gasteiger partial charge in [-0.1, -0.05) is 24.3 Å². The van der Waals surface area contributed by atoms with Crippen LogP contribution in [0.25, 0.3) is 21.3 Å². The Bertz CT molecular complexity index is 1280. The van der Waals surface area contributed by atoms with Gasteiger partial charge in [-0.3, -0.25) is 4.79 Å². The lowest BCUT2D eigenvalue weighted by molar-refractivity contribution is 0.0623. The van der Waals surface area contributed by atoms with Crippen molar-refractivity contribution in [2.45, 2.75) is 32.2 Å². The van der Waals surface area contributed by atoms with Crippen molar-refractivity contribution in [2.75, 3.05) is 18.4 Å². The Morgan fingerprint density at radius 1 is 1.15 bits per heavy atom. The zero-order valence-electron chi connectivity index (χ0n) is 18.3. The van der Waals surface area contributed by atoms with Crippen LogP contribution in [-0.4, -0.2) is 44.9 Å². The van der Waals surface area contributed by atoms with Crippen molar-refractivity contribution in [3.8, 4) is 10.4 Å². The molecule has 1 fully saturated rings. The monoisotopic (exact) mass is 461 g/mol. The Labute approximate surface area is 195 Å². The number of likely N-dealkylation sites (tertiary alicyclic amines) is 1. The summed E-state index contributed by atoms with van der Waals surface area (Å²) < 4.78 is 13.4. The van der Waals surface area contributed by atoms with E-state index in [1.54, 1.807) is 18.5 Å². The van der Waals surface area contributed by atoms with Crippen molar-refractivity contribution in [3.05, 3.63) is 71.4 Å². The molecule has 0 spiro atoms. The molecule has 0 radical (unpaired) electrons. The number of carbonyl (C=O) groups excluding carboxylic acids is 1. The summed E-state index contributed by atoms with van der Waals surface area (Å²) in [4.78, 5) is 29.7.